The summed E-state index contributed by atoms with van der Waals surface area (Å²) in [5.74, 6) is 0.743. The van der Waals surface area contributed by atoms with Crippen molar-refractivity contribution in [3.63, 3.8) is 0 Å². The molecule has 7 nitrogen and oxygen atoms in total. The summed E-state index contributed by atoms with van der Waals surface area (Å²) in [4.78, 5) is 4.50. The second-order valence-corrected chi connectivity index (χ2v) is 8.13. The number of nitrogens with one attached hydrogen (secondary N) is 3. The minimum atomic E-state index is -3.15. The van der Waals surface area contributed by atoms with E-state index in [2.05, 4.69) is 41.1 Å². The average molecular weight is 337 g/mol. The minimum absolute atomic E-state index is 0.00628. The zero-order valence-corrected chi connectivity index (χ0v) is 15.5. The smallest absolute Gasteiger partial charge is 0.211 e. The zero-order chi connectivity index (χ0) is 17.2. The van der Waals surface area contributed by atoms with Crippen LogP contribution in [0.15, 0.2) is 4.99 Å². The topological polar surface area (TPSA) is 91.8 Å². The summed E-state index contributed by atoms with van der Waals surface area (Å²) in [6.07, 6.45) is 0.0153. The Hall–Kier alpha value is -0.860. The molecule has 1 atom stereocenters. The second kappa shape index (κ2) is 10.0. The van der Waals surface area contributed by atoms with Crippen LogP contribution in [0.25, 0.3) is 0 Å². The van der Waals surface area contributed by atoms with Crippen molar-refractivity contribution in [2.24, 2.45) is 10.4 Å². The van der Waals surface area contributed by atoms with Gasteiger partial charge in [0.2, 0.25) is 10.0 Å². The summed E-state index contributed by atoms with van der Waals surface area (Å²) < 4.78 is 30.6. The van der Waals surface area contributed by atoms with Crippen LogP contribution in [0.3, 0.4) is 0 Å². The van der Waals surface area contributed by atoms with E-state index in [1.54, 1.807) is 14.0 Å². The molecule has 0 bridgehead atoms. The van der Waals surface area contributed by atoms with Crippen LogP contribution in [0, 0.1) is 5.41 Å². The highest BCUT2D eigenvalue weighted by Crippen LogP contribution is 2.21. The minimum Gasteiger partial charge on any atom is -0.379 e. The lowest BCUT2D eigenvalue weighted by Crippen LogP contribution is -2.42. The third kappa shape index (κ3) is 9.22. The summed E-state index contributed by atoms with van der Waals surface area (Å²) in [6.45, 7) is 12.0. The maximum absolute atomic E-state index is 11.3. The average Bonchev–Trinajstić information content (AvgIpc) is 2.42. The monoisotopic (exact) mass is 336 g/mol. The molecule has 0 fully saturated rings. The number of rotatable bonds is 9. The first kappa shape index (κ1) is 21.1. The Balaban J connectivity index is 4.44. The number of ether oxygens (including phenoxy) is 1. The van der Waals surface area contributed by atoms with Crippen LogP contribution in [0.2, 0.25) is 0 Å². The third-order valence-corrected chi connectivity index (χ3v) is 4.53. The molecule has 0 heterocycles. The van der Waals surface area contributed by atoms with Crippen LogP contribution >= 0.6 is 0 Å². The molecule has 8 heteroatoms. The molecule has 0 amide bonds. The van der Waals surface area contributed by atoms with E-state index in [-0.39, 0.29) is 17.3 Å². The van der Waals surface area contributed by atoms with Crippen molar-refractivity contribution in [3.05, 3.63) is 0 Å². The van der Waals surface area contributed by atoms with Gasteiger partial charge in [0.25, 0.3) is 0 Å². The van der Waals surface area contributed by atoms with E-state index in [4.69, 9.17) is 4.74 Å². The molecule has 132 valence electrons. The van der Waals surface area contributed by atoms with E-state index in [1.807, 2.05) is 6.92 Å². The maximum atomic E-state index is 11.3. The first-order chi connectivity index (χ1) is 10.2. The maximum Gasteiger partial charge on any atom is 0.211 e. The number of methoxy groups -OCH3 is 1. The molecule has 0 radical (unpaired) electrons. The second-order valence-electron chi connectivity index (χ2n) is 6.03. The summed E-state index contributed by atoms with van der Waals surface area (Å²) >= 11 is 0. The van der Waals surface area contributed by atoms with E-state index < -0.39 is 10.0 Å². The molecule has 0 aromatic carbocycles. The van der Waals surface area contributed by atoms with Gasteiger partial charge in [-0.05, 0) is 19.3 Å². The molecule has 0 saturated heterocycles. The summed E-state index contributed by atoms with van der Waals surface area (Å²) in [5.41, 5.74) is 0.00628. The molecule has 0 rings (SSSR count). The van der Waals surface area contributed by atoms with Gasteiger partial charge in [0.1, 0.15) is 0 Å². The number of hydrogen-bond acceptors (Lipinski definition) is 4. The molecule has 0 aliphatic heterocycles. The molecular weight excluding hydrogens is 304 g/mol. The van der Waals surface area contributed by atoms with Crippen molar-refractivity contribution < 1.29 is 13.2 Å². The molecule has 0 aliphatic carbocycles. The number of aliphatic imine (C=N–C) groups is 1. The van der Waals surface area contributed by atoms with Crippen molar-refractivity contribution in [1.29, 1.82) is 0 Å². The van der Waals surface area contributed by atoms with Crippen LogP contribution in [0.1, 0.15) is 34.6 Å². The van der Waals surface area contributed by atoms with Gasteiger partial charge in [0, 0.05) is 26.7 Å². The Morgan fingerprint density at radius 3 is 2.27 bits per heavy atom. The van der Waals surface area contributed by atoms with E-state index in [0.29, 0.717) is 25.6 Å². The molecule has 0 aromatic heterocycles. The van der Waals surface area contributed by atoms with Crippen LogP contribution < -0.4 is 15.4 Å². The summed E-state index contributed by atoms with van der Waals surface area (Å²) in [5, 5.41) is 6.24. The third-order valence-electron chi connectivity index (χ3n) is 3.13. The molecule has 22 heavy (non-hydrogen) atoms. The fourth-order valence-corrected chi connectivity index (χ4v) is 2.32. The lowest BCUT2D eigenvalue weighted by atomic mass is 9.89. The number of sulfonamides is 1. The Kier molecular flexibility index (Phi) is 9.63. The normalized spacial score (nSPS) is 14.7. The Morgan fingerprint density at radius 1 is 1.18 bits per heavy atom. The Labute approximate surface area is 135 Å². The molecule has 0 spiro atoms. The fourth-order valence-electron chi connectivity index (χ4n) is 1.71. The molecular formula is C14H32N4O3S. The highest BCUT2D eigenvalue weighted by atomic mass is 32.2. The predicted molar refractivity (Wildman–Crippen MR) is 91.7 cm³/mol. The largest absolute Gasteiger partial charge is 0.379 e. The SMILES string of the molecule is CCNC(=NCC(OC)C(C)(C)C)NCCNS(=O)(=O)CC. The van der Waals surface area contributed by atoms with Gasteiger partial charge in [-0.2, -0.15) is 0 Å². The number of guanidine groups is 1. The van der Waals surface area contributed by atoms with Crippen molar-refractivity contribution in [2.75, 3.05) is 39.0 Å². The van der Waals surface area contributed by atoms with Crippen molar-refractivity contribution in [3.8, 4) is 0 Å². The van der Waals surface area contributed by atoms with Gasteiger partial charge in [0.15, 0.2) is 5.96 Å². The standard InChI is InChI=1S/C14H32N4O3S/c1-7-15-13(16-9-10-18-22(19,20)8-2)17-11-12(21-6)14(3,4)5/h12,18H,7-11H2,1-6H3,(H2,15,16,17). The van der Waals surface area contributed by atoms with E-state index in [1.165, 1.54) is 0 Å². The number of nitrogens with zero attached hydrogens (tertiary/aromatic N) is 1. The molecule has 0 aromatic rings. The summed E-state index contributed by atoms with van der Waals surface area (Å²) in [7, 11) is -1.46. The van der Waals surface area contributed by atoms with E-state index >= 15 is 0 Å². The fraction of sp³-hybridized carbons (Fsp3) is 0.929. The van der Waals surface area contributed by atoms with Gasteiger partial charge >= 0.3 is 0 Å². The van der Waals surface area contributed by atoms with Gasteiger partial charge in [-0.25, -0.2) is 13.1 Å². The quantitative estimate of drug-likeness (QED) is 0.325. The number of hydrogen-bond donors (Lipinski definition) is 3. The van der Waals surface area contributed by atoms with Gasteiger partial charge in [-0.3, -0.25) is 4.99 Å². The highest BCUT2D eigenvalue weighted by Gasteiger charge is 2.24. The zero-order valence-electron chi connectivity index (χ0n) is 14.7. The van der Waals surface area contributed by atoms with Crippen molar-refractivity contribution in [2.45, 2.75) is 40.7 Å². The highest BCUT2D eigenvalue weighted by molar-refractivity contribution is 7.89. The lowest BCUT2D eigenvalue weighted by molar-refractivity contribution is 0.0241. The summed E-state index contributed by atoms with van der Waals surface area (Å²) in [6, 6.07) is 0. The molecule has 1 unspecified atom stereocenters. The van der Waals surface area contributed by atoms with Crippen LogP contribution in [-0.2, 0) is 14.8 Å². The predicted octanol–water partition coefficient (Wildman–Crippen LogP) is 0.542. The Morgan fingerprint density at radius 2 is 1.82 bits per heavy atom. The Bertz CT molecular complexity index is 430. The van der Waals surface area contributed by atoms with Gasteiger partial charge in [0.05, 0.1) is 18.4 Å². The molecule has 0 aliphatic rings. The van der Waals surface area contributed by atoms with Gasteiger partial charge in [-0.15, -0.1) is 0 Å². The van der Waals surface area contributed by atoms with Crippen molar-refractivity contribution >= 4 is 16.0 Å². The van der Waals surface area contributed by atoms with E-state index in [9.17, 15) is 8.42 Å². The first-order valence-corrected chi connectivity index (χ1v) is 9.33. The van der Waals surface area contributed by atoms with Crippen molar-refractivity contribution in [1.82, 2.24) is 15.4 Å². The van der Waals surface area contributed by atoms with Gasteiger partial charge in [-0.1, -0.05) is 20.8 Å². The van der Waals surface area contributed by atoms with Gasteiger partial charge < -0.3 is 15.4 Å². The lowest BCUT2D eigenvalue weighted by Gasteiger charge is -2.28. The van der Waals surface area contributed by atoms with E-state index in [0.717, 1.165) is 6.54 Å². The molecule has 3 N–H and O–H groups in total. The van der Waals surface area contributed by atoms with Crippen LogP contribution in [0.4, 0.5) is 0 Å². The van der Waals surface area contributed by atoms with Crippen LogP contribution in [0.5, 0.6) is 0 Å². The van der Waals surface area contributed by atoms with Crippen LogP contribution in [-0.4, -0.2) is 59.5 Å². The molecule has 0 saturated carbocycles. The first-order valence-electron chi connectivity index (χ1n) is 7.68.